The molecule has 2 aromatic rings. The minimum atomic E-state index is -0.973. The fourth-order valence-electron chi connectivity index (χ4n) is 1.78. The molecule has 0 bridgehead atoms. The van der Waals surface area contributed by atoms with Crippen LogP contribution in [-0.4, -0.2) is 16.1 Å². The predicted octanol–water partition coefficient (Wildman–Crippen LogP) is 4.18. The van der Waals surface area contributed by atoms with Gasteiger partial charge in [0.1, 0.15) is 5.75 Å². The third kappa shape index (κ3) is 3.48. The molecule has 5 heteroatoms. The molecule has 20 heavy (non-hydrogen) atoms. The average Bonchev–Trinajstić information content (AvgIpc) is 2.42. The summed E-state index contributed by atoms with van der Waals surface area (Å²) in [6.45, 7) is 1.97. The lowest BCUT2D eigenvalue weighted by Gasteiger charge is -2.08. The van der Waals surface area contributed by atoms with Crippen molar-refractivity contribution in [2.24, 2.45) is 0 Å². The molecule has 2 rings (SSSR count). The Balaban J connectivity index is 2.26. The molecule has 0 saturated heterocycles. The molecule has 0 atom stereocenters. The second-order valence-electron chi connectivity index (χ2n) is 4.25. The monoisotopic (exact) mass is 291 g/mol. The van der Waals surface area contributed by atoms with Crippen LogP contribution in [0.15, 0.2) is 36.4 Å². The molecule has 0 spiro atoms. The van der Waals surface area contributed by atoms with Crippen LogP contribution in [0.2, 0.25) is 5.02 Å². The molecular formula is C15H14ClNO3. The number of rotatable bonds is 5. The van der Waals surface area contributed by atoms with Gasteiger partial charge in [0, 0.05) is 11.1 Å². The lowest BCUT2D eigenvalue weighted by molar-refractivity contribution is 0.0695. The fourth-order valence-corrected chi connectivity index (χ4v) is 1.91. The van der Waals surface area contributed by atoms with E-state index in [4.69, 9.17) is 21.4 Å². The third-order valence-electron chi connectivity index (χ3n) is 2.70. The summed E-state index contributed by atoms with van der Waals surface area (Å²) < 4.78 is 5.59. The van der Waals surface area contributed by atoms with Crippen LogP contribution in [0.4, 0.5) is 0 Å². The first-order valence-corrected chi connectivity index (χ1v) is 6.64. The number of nitrogens with zero attached hydrogens (tertiary/aromatic N) is 1. The number of benzene rings is 1. The van der Waals surface area contributed by atoms with Crippen molar-refractivity contribution in [2.75, 3.05) is 0 Å². The first kappa shape index (κ1) is 14.3. The van der Waals surface area contributed by atoms with Gasteiger partial charge >= 0.3 is 5.97 Å². The third-order valence-corrected chi connectivity index (χ3v) is 2.95. The molecule has 104 valence electrons. The molecule has 0 aliphatic carbocycles. The molecule has 4 nitrogen and oxygen atoms in total. The Morgan fingerprint density at radius 1 is 1.25 bits per heavy atom. The van der Waals surface area contributed by atoms with Crippen LogP contribution in [-0.2, 0) is 6.42 Å². The van der Waals surface area contributed by atoms with Crippen molar-refractivity contribution < 1.29 is 14.6 Å². The highest BCUT2D eigenvalue weighted by molar-refractivity contribution is 6.30. The average molecular weight is 292 g/mol. The second kappa shape index (κ2) is 6.39. The van der Waals surface area contributed by atoms with Gasteiger partial charge in [-0.1, -0.05) is 24.9 Å². The van der Waals surface area contributed by atoms with Crippen molar-refractivity contribution in [1.82, 2.24) is 4.98 Å². The Labute approximate surface area is 122 Å². The van der Waals surface area contributed by atoms with Crippen LogP contribution in [0.3, 0.4) is 0 Å². The summed E-state index contributed by atoms with van der Waals surface area (Å²) in [5.74, 6) is 0.00666. The van der Waals surface area contributed by atoms with Crippen LogP contribution >= 0.6 is 11.6 Å². The summed E-state index contributed by atoms with van der Waals surface area (Å²) in [7, 11) is 0. The Kier molecular flexibility index (Phi) is 4.58. The predicted molar refractivity (Wildman–Crippen MR) is 76.7 cm³/mol. The highest BCUT2D eigenvalue weighted by Gasteiger charge is 2.12. The van der Waals surface area contributed by atoms with Gasteiger partial charge in [0.25, 0.3) is 0 Å². The SMILES string of the molecule is CCCc1nc(Oc2ccc(Cl)cc2)ccc1C(=O)O. The molecule has 0 unspecified atom stereocenters. The first-order valence-electron chi connectivity index (χ1n) is 6.26. The Morgan fingerprint density at radius 2 is 1.95 bits per heavy atom. The van der Waals surface area contributed by atoms with Crippen LogP contribution in [0.1, 0.15) is 29.4 Å². The zero-order valence-corrected chi connectivity index (χ0v) is 11.7. The van der Waals surface area contributed by atoms with Gasteiger partial charge in [0.15, 0.2) is 0 Å². The van der Waals surface area contributed by atoms with Gasteiger partial charge < -0.3 is 9.84 Å². The molecule has 1 aromatic heterocycles. The smallest absolute Gasteiger partial charge is 0.337 e. The zero-order valence-electron chi connectivity index (χ0n) is 11.0. The maximum absolute atomic E-state index is 11.1. The van der Waals surface area contributed by atoms with Gasteiger partial charge in [-0.3, -0.25) is 0 Å². The lowest BCUT2D eigenvalue weighted by Crippen LogP contribution is -2.05. The number of pyridine rings is 1. The zero-order chi connectivity index (χ0) is 14.5. The Bertz CT molecular complexity index is 611. The first-order chi connectivity index (χ1) is 9.60. The summed E-state index contributed by atoms with van der Waals surface area (Å²) in [5.41, 5.74) is 0.752. The molecule has 1 N–H and O–H groups in total. The van der Waals surface area contributed by atoms with Gasteiger partial charge in [-0.05, 0) is 36.8 Å². The largest absolute Gasteiger partial charge is 0.478 e. The summed E-state index contributed by atoms with van der Waals surface area (Å²) in [4.78, 5) is 15.4. The summed E-state index contributed by atoms with van der Waals surface area (Å²) in [5, 5.41) is 9.73. The van der Waals surface area contributed by atoms with E-state index in [1.807, 2.05) is 6.92 Å². The number of aromatic nitrogens is 1. The van der Waals surface area contributed by atoms with E-state index < -0.39 is 5.97 Å². The molecule has 0 radical (unpaired) electrons. The van der Waals surface area contributed by atoms with Crippen LogP contribution in [0.25, 0.3) is 0 Å². The molecule has 0 aliphatic heterocycles. The standard InChI is InChI=1S/C15H14ClNO3/c1-2-3-13-12(15(18)19)8-9-14(17-13)20-11-6-4-10(16)5-7-11/h4-9H,2-3H2,1H3,(H,18,19). The minimum Gasteiger partial charge on any atom is -0.478 e. The van der Waals surface area contributed by atoms with Gasteiger partial charge in [-0.2, -0.15) is 0 Å². The van der Waals surface area contributed by atoms with E-state index in [9.17, 15) is 4.79 Å². The molecule has 1 aromatic carbocycles. The van der Waals surface area contributed by atoms with Crippen LogP contribution in [0.5, 0.6) is 11.6 Å². The van der Waals surface area contributed by atoms with Crippen molar-refractivity contribution in [3.63, 3.8) is 0 Å². The summed E-state index contributed by atoms with van der Waals surface area (Å²) in [6.07, 6.45) is 1.41. The molecule has 0 fully saturated rings. The van der Waals surface area contributed by atoms with E-state index >= 15 is 0 Å². The highest BCUT2D eigenvalue weighted by atomic mass is 35.5. The number of carbonyl (C=O) groups is 1. The molecule has 0 amide bonds. The van der Waals surface area contributed by atoms with Crippen molar-refractivity contribution >= 4 is 17.6 Å². The quantitative estimate of drug-likeness (QED) is 0.898. The van der Waals surface area contributed by atoms with Gasteiger partial charge in [-0.15, -0.1) is 0 Å². The highest BCUT2D eigenvalue weighted by Crippen LogP contribution is 2.23. The normalized spacial score (nSPS) is 10.3. The molecular weight excluding hydrogens is 278 g/mol. The number of carboxylic acid groups (broad SMARTS) is 1. The van der Waals surface area contributed by atoms with Gasteiger partial charge in [0.2, 0.25) is 5.88 Å². The second-order valence-corrected chi connectivity index (χ2v) is 4.69. The van der Waals surface area contributed by atoms with Crippen molar-refractivity contribution in [3.8, 4) is 11.6 Å². The van der Waals surface area contributed by atoms with Crippen LogP contribution in [0, 0.1) is 0 Å². The van der Waals surface area contributed by atoms with E-state index in [1.165, 1.54) is 6.07 Å². The van der Waals surface area contributed by atoms with Crippen molar-refractivity contribution in [2.45, 2.75) is 19.8 Å². The van der Waals surface area contributed by atoms with Gasteiger partial charge in [0.05, 0.1) is 11.3 Å². The number of carboxylic acids is 1. The molecule has 0 saturated carbocycles. The topological polar surface area (TPSA) is 59.4 Å². The van der Waals surface area contributed by atoms with Crippen molar-refractivity contribution in [1.29, 1.82) is 0 Å². The number of ether oxygens (including phenoxy) is 1. The van der Waals surface area contributed by atoms with E-state index in [2.05, 4.69) is 4.98 Å². The lowest BCUT2D eigenvalue weighted by atomic mass is 10.1. The van der Waals surface area contributed by atoms with E-state index in [0.717, 1.165) is 6.42 Å². The maximum Gasteiger partial charge on any atom is 0.337 e. The minimum absolute atomic E-state index is 0.218. The molecule has 1 heterocycles. The van der Waals surface area contributed by atoms with E-state index in [1.54, 1.807) is 30.3 Å². The van der Waals surface area contributed by atoms with Gasteiger partial charge in [-0.25, -0.2) is 9.78 Å². The summed E-state index contributed by atoms with van der Waals surface area (Å²) in [6, 6.07) is 9.97. The van der Waals surface area contributed by atoms with E-state index in [0.29, 0.717) is 28.8 Å². The number of halogens is 1. The summed E-state index contributed by atoms with van der Waals surface area (Å²) >= 11 is 5.80. The van der Waals surface area contributed by atoms with Crippen LogP contribution < -0.4 is 4.74 Å². The fraction of sp³-hybridized carbons (Fsp3) is 0.200. The number of hydrogen-bond acceptors (Lipinski definition) is 3. The number of hydrogen-bond donors (Lipinski definition) is 1. The number of aryl methyl sites for hydroxylation is 1. The van der Waals surface area contributed by atoms with Crippen molar-refractivity contribution in [3.05, 3.63) is 52.7 Å². The Hall–Kier alpha value is -2.07. The maximum atomic E-state index is 11.1. The Morgan fingerprint density at radius 3 is 2.55 bits per heavy atom. The number of aromatic carboxylic acids is 1. The molecule has 0 aliphatic rings. The van der Waals surface area contributed by atoms with E-state index in [-0.39, 0.29) is 5.56 Å².